The molecule has 2 aromatic carbocycles. The number of aromatic amines is 1. The molecule has 1 saturated heterocycles. The molecule has 0 bridgehead atoms. The molecule has 3 heterocycles. The van der Waals surface area contributed by atoms with Crippen LogP contribution in [0.3, 0.4) is 0 Å². The summed E-state index contributed by atoms with van der Waals surface area (Å²) in [5.41, 5.74) is 7.71. The van der Waals surface area contributed by atoms with Gasteiger partial charge in [0.15, 0.2) is 0 Å². The Hall–Kier alpha value is -4.91. The van der Waals surface area contributed by atoms with Crippen LogP contribution in [0.1, 0.15) is 60.8 Å². The normalized spacial score (nSPS) is 16.5. The molecule has 1 amide bonds. The molecule has 45 heavy (non-hydrogen) atoms. The molecule has 2 atom stereocenters. The van der Waals surface area contributed by atoms with Crippen LogP contribution >= 0.6 is 0 Å². The topological polar surface area (TPSA) is 103 Å². The van der Waals surface area contributed by atoms with Crippen molar-refractivity contribution >= 4 is 34.0 Å². The first-order valence-electron chi connectivity index (χ1n) is 15.5. The number of aliphatic hydroxyl groups is 1. The highest BCUT2D eigenvalue weighted by atomic mass is 16.5. The fraction of sp³-hybridized carbons (Fsp3) is 0.297. The molecule has 0 saturated carbocycles. The van der Waals surface area contributed by atoms with E-state index in [1.807, 2.05) is 78.6 Å². The number of aliphatic hydroxyl groups excluding tert-OH is 1. The van der Waals surface area contributed by atoms with Gasteiger partial charge in [-0.15, -0.1) is 5.73 Å². The second kappa shape index (κ2) is 15.2. The minimum Gasteiger partial charge on any atom is -0.493 e. The molecule has 2 aromatic heterocycles. The van der Waals surface area contributed by atoms with Crippen LogP contribution in [-0.4, -0.2) is 57.2 Å². The number of hydrogen-bond donors (Lipinski definition) is 3. The lowest BCUT2D eigenvalue weighted by molar-refractivity contribution is 0.0755. The SMILES string of the molecule is C=C=CC=C(C=C(C)c1ccnc(Nc2ccc3[nH]c(C(=O)N4CCCC(C)CC4)cc3c2)n1)OCC(CO)c1ccccc1. The number of carbonyl (C=O) groups excluding carboxylic acids is 1. The maximum atomic E-state index is 13.2. The molecule has 0 aliphatic carbocycles. The van der Waals surface area contributed by atoms with E-state index >= 15 is 0 Å². The Morgan fingerprint density at radius 3 is 2.84 bits per heavy atom. The average molecular weight is 604 g/mol. The van der Waals surface area contributed by atoms with Gasteiger partial charge in [-0.25, -0.2) is 9.97 Å². The van der Waals surface area contributed by atoms with Gasteiger partial charge in [-0.05, 0) is 91.8 Å². The fourth-order valence-electron chi connectivity index (χ4n) is 5.47. The predicted octanol–water partition coefficient (Wildman–Crippen LogP) is 7.38. The highest BCUT2D eigenvalue weighted by Crippen LogP contribution is 2.25. The second-order valence-electron chi connectivity index (χ2n) is 11.6. The molecule has 3 N–H and O–H groups in total. The Morgan fingerprint density at radius 1 is 1.20 bits per heavy atom. The quantitative estimate of drug-likeness (QED) is 0.0939. The van der Waals surface area contributed by atoms with E-state index in [2.05, 4.69) is 34.5 Å². The van der Waals surface area contributed by atoms with Crippen LogP contribution in [0.5, 0.6) is 0 Å². The minimum atomic E-state index is -0.157. The summed E-state index contributed by atoms with van der Waals surface area (Å²) in [4.78, 5) is 27.6. The van der Waals surface area contributed by atoms with Crippen molar-refractivity contribution in [3.05, 3.63) is 120 Å². The van der Waals surface area contributed by atoms with Gasteiger partial charge in [0.25, 0.3) is 5.91 Å². The number of likely N-dealkylation sites (tertiary alicyclic amines) is 1. The molecular formula is C37H41N5O3. The number of rotatable bonds is 11. The minimum absolute atomic E-state index is 0.0256. The summed E-state index contributed by atoms with van der Waals surface area (Å²) in [5.74, 6) is 1.61. The summed E-state index contributed by atoms with van der Waals surface area (Å²) in [5, 5.41) is 14.2. The van der Waals surface area contributed by atoms with Crippen LogP contribution < -0.4 is 5.32 Å². The van der Waals surface area contributed by atoms with E-state index in [0.717, 1.165) is 59.4 Å². The van der Waals surface area contributed by atoms with Crippen LogP contribution in [0, 0.1) is 5.92 Å². The van der Waals surface area contributed by atoms with Crippen molar-refractivity contribution in [1.29, 1.82) is 0 Å². The number of aromatic nitrogens is 3. The number of hydrogen-bond acceptors (Lipinski definition) is 6. The van der Waals surface area contributed by atoms with Crippen molar-refractivity contribution in [2.75, 3.05) is 31.6 Å². The third kappa shape index (κ3) is 8.38. The zero-order valence-electron chi connectivity index (χ0n) is 26.0. The number of nitrogens with one attached hydrogen (secondary N) is 2. The van der Waals surface area contributed by atoms with Crippen LogP contribution in [0.2, 0.25) is 0 Å². The van der Waals surface area contributed by atoms with Gasteiger partial charge in [-0.2, -0.15) is 0 Å². The van der Waals surface area contributed by atoms with E-state index in [0.29, 0.717) is 29.9 Å². The standard InChI is InChI=1S/C37H41N5O3/c1-4-5-13-32(45-25-30(24-43)28-11-7-6-8-12-28)21-27(3)33-16-18-38-37(41-33)39-31-14-15-34-29(22-31)23-35(40-34)36(44)42-19-9-10-26(2)17-20-42/h5-8,11-16,18,21-23,26,30,40,43H,1,9-10,17,19-20,24-25H2,2-3H3,(H,38,39,41). The number of carbonyl (C=O) groups is 1. The number of amides is 1. The zero-order valence-corrected chi connectivity index (χ0v) is 26.0. The van der Waals surface area contributed by atoms with Gasteiger partial charge < -0.3 is 25.0 Å². The molecule has 0 radical (unpaired) electrons. The first-order valence-corrected chi connectivity index (χ1v) is 15.5. The van der Waals surface area contributed by atoms with Gasteiger partial charge in [0.05, 0.1) is 18.9 Å². The third-order valence-corrected chi connectivity index (χ3v) is 8.14. The lowest BCUT2D eigenvalue weighted by Gasteiger charge is -2.19. The molecule has 4 aromatic rings. The molecule has 1 fully saturated rings. The summed E-state index contributed by atoms with van der Waals surface area (Å²) in [6.45, 7) is 9.75. The number of anilines is 2. The summed E-state index contributed by atoms with van der Waals surface area (Å²) >= 11 is 0. The maximum Gasteiger partial charge on any atom is 0.270 e. The van der Waals surface area contributed by atoms with Crippen LogP contribution in [0.15, 0.2) is 103 Å². The number of ether oxygens (including phenoxy) is 1. The van der Waals surface area contributed by atoms with Gasteiger partial charge in [0, 0.05) is 41.8 Å². The summed E-state index contributed by atoms with van der Waals surface area (Å²) in [6, 6.07) is 19.5. The molecule has 5 rings (SSSR count). The van der Waals surface area contributed by atoms with Crippen LogP contribution in [0.4, 0.5) is 11.6 Å². The van der Waals surface area contributed by atoms with Crippen molar-refractivity contribution in [3.8, 4) is 0 Å². The lowest BCUT2D eigenvalue weighted by Crippen LogP contribution is -2.32. The smallest absolute Gasteiger partial charge is 0.270 e. The van der Waals surface area contributed by atoms with Gasteiger partial charge in [-0.1, -0.05) is 43.8 Å². The van der Waals surface area contributed by atoms with Crippen molar-refractivity contribution < 1.29 is 14.6 Å². The Kier molecular flexibility index (Phi) is 10.6. The summed E-state index contributed by atoms with van der Waals surface area (Å²) in [6.07, 6.45) is 10.3. The van der Waals surface area contributed by atoms with E-state index in [9.17, 15) is 9.90 Å². The van der Waals surface area contributed by atoms with Gasteiger partial charge in [-0.3, -0.25) is 4.79 Å². The fourth-order valence-corrected chi connectivity index (χ4v) is 5.47. The average Bonchev–Trinajstić information content (AvgIpc) is 3.36. The monoisotopic (exact) mass is 603 g/mol. The molecule has 1 aliphatic rings. The van der Waals surface area contributed by atoms with E-state index in [4.69, 9.17) is 9.72 Å². The Balaban J connectivity index is 1.28. The molecule has 2 unspecified atom stereocenters. The highest BCUT2D eigenvalue weighted by Gasteiger charge is 2.21. The molecule has 232 valence electrons. The predicted molar refractivity (Wildman–Crippen MR) is 180 cm³/mol. The molecule has 8 nitrogen and oxygen atoms in total. The van der Waals surface area contributed by atoms with Crippen molar-refractivity contribution in [1.82, 2.24) is 19.9 Å². The second-order valence-corrected chi connectivity index (χ2v) is 11.6. The van der Waals surface area contributed by atoms with E-state index in [-0.39, 0.29) is 18.4 Å². The highest BCUT2D eigenvalue weighted by molar-refractivity contribution is 5.98. The van der Waals surface area contributed by atoms with Crippen molar-refractivity contribution in [3.63, 3.8) is 0 Å². The summed E-state index contributed by atoms with van der Waals surface area (Å²) < 4.78 is 6.12. The molecular weight excluding hydrogens is 562 g/mol. The lowest BCUT2D eigenvalue weighted by atomic mass is 10.0. The van der Waals surface area contributed by atoms with Gasteiger partial charge in [0.2, 0.25) is 5.95 Å². The molecule has 0 spiro atoms. The van der Waals surface area contributed by atoms with E-state index in [1.165, 1.54) is 6.42 Å². The summed E-state index contributed by atoms with van der Waals surface area (Å²) in [7, 11) is 0. The zero-order chi connectivity index (χ0) is 31.6. The first-order chi connectivity index (χ1) is 21.9. The number of H-pyrrole nitrogens is 1. The number of fused-ring (bicyclic) bond motifs is 1. The first kappa shape index (κ1) is 31.5. The number of nitrogens with zero attached hydrogens (tertiary/aromatic N) is 3. The molecule has 8 heteroatoms. The maximum absolute atomic E-state index is 13.2. The van der Waals surface area contributed by atoms with Crippen molar-refractivity contribution in [2.45, 2.75) is 39.0 Å². The van der Waals surface area contributed by atoms with Crippen molar-refractivity contribution in [2.24, 2.45) is 5.92 Å². The largest absolute Gasteiger partial charge is 0.493 e. The van der Waals surface area contributed by atoms with Gasteiger partial charge in [0.1, 0.15) is 11.5 Å². The number of benzene rings is 2. The molecule has 1 aliphatic heterocycles. The Bertz CT molecular complexity index is 1720. The Labute approximate surface area is 264 Å². The third-order valence-electron chi connectivity index (χ3n) is 8.14. The van der Waals surface area contributed by atoms with Crippen LogP contribution in [-0.2, 0) is 4.74 Å². The number of allylic oxidation sites excluding steroid dienone is 4. The van der Waals surface area contributed by atoms with Crippen LogP contribution in [0.25, 0.3) is 16.5 Å². The van der Waals surface area contributed by atoms with E-state index < -0.39 is 0 Å². The van der Waals surface area contributed by atoms with E-state index in [1.54, 1.807) is 18.3 Å². The Morgan fingerprint density at radius 2 is 2.04 bits per heavy atom. The van der Waals surface area contributed by atoms with Gasteiger partial charge >= 0.3 is 0 Å².